The Kier molecular flexibility index (Phi) is 2.28. The van der Waals surface area contributed by atoms with E-state index < -0.39 is 0 Å². The molecule has 3 heteroatoms. The molecule has 86 valence electrons. The molecule has 0 saturated heterocycles. The minimum Gasteiger partial charge on any atom is -0.299 e. The van der Waals surface area contributed by atoms with E-state index in [4.69, 9.17) is 10.5 Å². The molecule has 0 radical (unpaired) electrons. The van der Waals surface area contributed by atoms with Crippen LogP contribution >= 0.6 is 0 Å². The maximum atomic E-state index is 9.06. The summed E-state index contributed by atoms with van der Waals surface area (Å²) >= 11 is 0. The van der Waals surface area contributed by atoms with Crippen molar-refractivity contribution in [2.45, 2.75) is 38.8 Å². The molecule has 1 aromatic carbocycles. The van der Waals surface area contributed by atoms with E-state index in [0.29, 0.717) is 11.1 Å². The second-order valence-electron chi connectivity index (χ2n) is 5.54. The van der Waals surface area contributed by atoms with Crippen LogP contribution in [0.15, 0.2) is 12.1 Å². The van der Waals surface area contributed by atoms with Crippen LogP contribution in [0.3, 0.4) is 0 Å². The Hall–Kier alpha value is -1.84. The molecular weight excluding hydrogens is 210 g/mol. The van der Waals surface area contributed by atoms with Crippen LogP contribution in [0, 0.1) is 22.7 Å². The molecular formula is C14H15N3. The van der Waals surface area contributed by atoms with Gasteiger partial charge in [0.15, 0.2) is 0 Å². The molecule has 0 atom stereocenters. The molecule has 0 saturated carbocycles. The molecule has 1 N–H and O–H groups in total. The van der Waals surface area contributed by atoms with Gasteiger partial charge in [0.05, 0.1) is 11.1 Å². The van der Waals surface area contributed by atoms with Crippen LogP contribution in [0.5, 0.6) is 0 Å². The summed E-state index contributed by atoms with van der Waals surface area (Å²) in [6.07, 6.45) is 0. The average molecular weight is 225 g/mol. The SMILES string of the molecule is CC1(C)NC(C)(C)c2cc(C#N)c(C#N)cc21. The topological polar surface area (TPSA) is 59.6 Å². The first-order valence-corrected chi connectivity index (χ1v) is 5.60. The van der Waals surface area contributed by atoms with Crippen molar-refractivity contribution in [1.82, 2.24) is 5.32 Å². The fraction of sp³-hybridized carbons (Fsp3) is 0.429. The maximum absolute atomic E-state index is 9.06. The smallest absolute Gasteiger partial charge is 0.101 e. The van der Waals surface area contributed by atoms with E-state index in [1.165, 1.54) is 0 Å². The van der Waals surface area contributed by atoms with Crippen LogP contribution in [0.2, 0.25) is 0 Å². The van der Waals surface area contributed by atoms with Crippen molar-refractivity contribution in [3.63, 3.8) is 0 Å². The molecule has 0 aromatic heterocycles. The highest BCUT2D eigenvalue weighted by molar-refractivity contribution is 5.55. The Morgan fingerprint density at radius 3 is 1.53 bits per heavy atom. The average Bonchev–Trinajstić information content (AvgIpc) is 2.42. The number of hydrogen-bond donors (Lipinski definition) is 1. The largest absolute Gasteiger partial charge is 0.299 e. The number of benzene rings is 1. The van der Waals surface area contributed by atoms with Crippen molar-refractivity contribution in [2.24, 2.45) is 0 Å². The van der Waals surface area contributed by atoms with Crippen molar-refractivity contribution in [3.05, 3.63) is 34.4 Å². The molecule has 0 bridgehead atoms. The third-order valence-electron chi connectivity index (χ3n) is 3.37. The van der Waals surface area contributed by atoms with Gasteiger partial charge in [0.1, 0.15) is 12.1 Å². The Morgan fingerprint density at radius 1 is 0.882 bits per heavy atom. The van der Waals surface area contributed by atoms with E-state index in [-0.39, 0.29) is 11.1 Å². The standard InChI is InChI=1S/C14H15N3/c1-13(2)11-5-9(7-15)10(8-16)6-12(11)14(3,4)17-13/h5-6,17H,1-4H3. The second kappa shape index (κ2) is 3.32. The molecule has 1 aliphatic heterocycles. The van der Waals surface area contributed by atoms with Crippen molar-refractivity contribution < 1.29 is 0 Å². The van der Waals surface area contributed by atoms with Crippen LogP contribution in [-0.4, -0.2) is 0 Å². The van der Waals surface area contributed by atoms with Gasteiger partial charge in [-0.3, -0.25) is 5.32 Å². The number of fused-ring (bicyclic) bond motifs is 1. The fourth-order valence-electron chi connectivity index (χ4n) is 2.73. The van der Waals surface area contributed by atoms with Crippen LogP contribution in [-0.2, 0) is 11.1 Å². The fourth-order valence-corrected chi connectivity index (χ4v) is 2.73. The first kappa shape index (κ1) is 11.6. The van der Waals surface area contributed by atoms with Crippen LogP contribution in [0.25, 0.3) is 0 Å². The highest BCUT2D eigenvalue weighted by Crippen LogP contribution is 2.41. The van der Waals surface area contributed by atoms with E-state index in [2.05, 4.69) is 45.2 Å². The Labute approximate surface area is 102 Å². The summed E-state index contributed by atoms with van der Waals surface area (Å²) in [5, 5.41) is 21.6. The van der Waals surface area contributed by atoms with Gasteiger partial charge in [0.2, 0.25) is 0 Å². The Bertz CT molecular complexity index is 517. The van der Waals surface area contributed by atoms with E-state index >= 15 is 0 Å². The molecule has 1 aliphatic rings. The zero-order chi connectivity index (χ0) is 12.8. The molecule has 3 nitrogen and oxygen atoms in total. The third kappa shape index (κ3) is 1.60. The summed E-state index contributed by atoms with van der Waals surface area (Å²) in [5.41, 5.74) is 2.80. The number of rotatable bonds is 0. The van der Waals surface area contributed by atoms with Gasteiger partial charge in [0, 0.05) is 11.1 Å². The van der Waals surface area contributed by atoms with Crippen molar-refractivity contribution in [3.8, 4) is 12.1 Å². The number of hydrogen-bond acceptors (Lipinski definition) is 3. The summed E-state index contributed by atoms with van der Waals surface area (Å²) in [6, 6.07) is 7.87. The van der Waals surface area contributed by atoms with Crippen molar-refractivity contribution in [1.29, 1.82) is 10.5 Å². The highest BCUT2D eigenvalue weighted by atomic mass is 15.1. The van der Waals surface area contributed by atoms with Gasteiger partial charge in [-0.1, -0.05) is 0 Å². The molecule has 2 rings (SSSR count). The lowest BCUT2D eigenvalue weighted by Crippen LogP contribution is -2.39. The molecule has 17 heavy (non-hydrogen) atoms. The van der Waals surface area contributed by atoms with Gasteiger partial charge >= 0.3 is 0 Å². The van der Waals surface area contributed by atoms with Gasteiger partial charge < -0.3 is 0 Å². The zero-order valence-corrected chi connectivity index (χ0v) is 10.5. The van der Waals surface area contributed by atoms with Crippen LogP contribution in [0.4, 0.5) is 0 Å². The minimum atomic E-state index is -0.168. The predicted molar refractivity (Wildman–Crippen MR) is 65.1 cm³/mol. The quantitative estimate of drug-likeness (QED) is 0.738. The van der Waals surface area contributed by atoms with Crippen molar-refractivity contribution >= 4 is 0 Å². The third-order valence-corrected chi connectivity index (χ3v) is 3.37. The molecule has 0 fully saturated rings. The van der Waals surface area contributed by atoms with E-state index in [1.807, 2.05) is 12.1 Å². The molecule has 0 spiro atoms. The lowest BCUT2D eigenvalue weighted by atomic mass is 9.87. The molecule has 1 aromatic rings. The molecule has 0 unspecified atom stereocenters. The number of nitriles is 2. The number of nitrogens with zero attached hydrogens (tertiary/aromatic N) is 2. The minimum absolute atomic E-state index is 0.168. The lowest BCUT2D eigenvalue weighted by Gasteiger charge is -2.25. The van der Waals surface area contributed by atoms with E-state index in [1.54, 1.807) is 0 Å². The Balaban J connectivity index is 2.78. The van der Waals surface area contributed by atoms with Gasteiger partial charge in [0.25, 0.3) is 0 Å². The summed E-state index contributed by atoms with van der Waals surface area (Å²) in [7, 11) is 0. The Morgan fingerprint density at radius 2 is 1.24 bits per heavy atom. The summed E-state index contributed by atoms with van der Waals surface area (Å²) < 4.78 is 0. The zero-order valence-electron chi connectivity index (χ0n) is 10.5. The summed E-state index contributed by atoms with van der Waals surface area (Å²) in [5.74, 6) is 0. The summed E-state index contributed by atoms with van der Waals surface area (Å²) in [6.45, 7) is 8.36. The first-order valence-electron chi connectivity index (χ1n) is 5.60. The molecule has 0 amide bonds. The van der Waals surface area contributed by atoms with Gasteiger partial charge in [-0.2, -0.15) is 10.5 Å². The van der Waals surface area contributed by atoms with E-state index in [0.717, 1.165) is 11.1 Å². The molecule has 1 heterocycles. The first-order chi connectivity index (χ1) is 7.81. The van der Waals surface area contributed by atoms with Gasteiger partial charge in [-0.05, 0) is 51.0 Å². The predicted octanol–water partition coefficient (Wildman–Crippen LogP) is 2.50. The summed E-state index contributed by atoms with van der Waals surface area (Å²) in [4.78, 5) is 0. The monoisotopic (exact) mass is 225 g/mol. The maximum Gasteiger partial charge on any atom is 0.101 e. The highest BCUT2D eigenvalue weighted by Gasteiger charge is 2.41. The molecule has 0 aliphatic carbocycles. The van der Waals surface area contributed by atoms with Crippen molar-refractivity contribution in [2.75, 3.05) is 0 Å². The second-order valence-corrected chi connectivity index (χ2v) is 5.54. The van der Waals surface area contributed by atoms with Gasteiger partial charge in [-0.25, -0.2) is 0 Å². The number of nitrogens with one attached hydrogen (secondary N) is 1. The van der Waals surface area contributed by atoms with Crippen LogP contribution in [0.1, 0.15) is 49.9 Å². The van der Waals surface area contributed by atoms with Crippen LogP contribution < -0.4 is 5.32 Å². The normalized spacial score (nSPS) is 19.2. The van der Waals surface area contributed by atoms with Gasteiger partial charge in [-0.15, -0.1) is 0 Å². The van der Waals surface area contributed by atoms with E-state index in [9.17, 15) is 0 Å². The lowest BCUT2D eigenvalue weighted by molar-refractivity contribution is 0.319.